The maximum atomic E-state index is 13.0. The molecule has 2 aliphatic rings. The molecule has 3 aromatic rings. The van der Waals surface area contributed by atoms with Gasteiger partial charge in [-0.15, -0.1) is 11.3 Å². The number of hydrogen-bond acceptors (Lipinski definition) is 7. The lowest BCUT2D eigenvalue weighted by atomic mass is 9.94. The number of hydrogen-bond donors (Lipinski definition) is 2. The Bertz CT molecular complexity index is 1150. The lowest BCUT2D eigenvalue weighted by molar-refractivity contribution is 0.0831. The number of aromatic nitrogens is 2. The van der Waals surface area contributed by atoms with Crippen LogP contribution in [0.2, 0.25) is 0 Å². The third kappa shape index (κ3) is 4.61. The predicted octanol–water partition coefficient (Wildman–Crippen LogP) is 4.98. The molecule has 4 heterocycles. The number of carbonyl (C=O) groups is 1. The van der Waals surface area contributed by atoms with Gasteiger partial charge in [0, 0.05) is 51.4 Å². The predicted molar refractivity (Wildman–Crippen MR) is 141 cm³/mol. The Morgan fingerprint density at radius 2 is 2.00 bits per heavy atom. The first-order chi connectivity index (χ1) is 16.5. The summed E-state index contributed by atoms with van der Waals surface area (Å²) in [4.78, 5) is 27.2. The second kappa shape index (κ2) is 9.88. The molecule has 1 amide bonds. The molecule has 0 spiro atoms. The molecule has 1 aliphatic heterocycles. The summed E-state index contributed by atoms with van der Waals surface area (Å²) in [6.07, 6.45) is 9.74. The topological polar surface area (TPSA) is 73.4 Å². The standard InChI is InChI=1S/C26H34N6OS/c1-4-18-16-32(12-11-27-18)19-9-10-22(28-14-19)30-23-13-20-21(15-29-23)34-25(26(33)31(2)3)24(20)17-7-5-6-8-17/h9-10,13-15,17-18,27H,4-8,11-12,16H2,1-3H3,(H,28,29,30)/t18-/m0/s1. The number of thiophene rings is 1. The van der Waals surface area contributed by atoms with Gasteiger partial charge in [-0.1, -0.05) is 19.8 Å². The quantitative estimate of drug-likeness (QED) is 0.520. The van der Waals surface area contributed by atoms with E-state index in [0.29, 0.717) is 12.0 Å². The zero-order valence-corrected chi connectivity index (χ0v) is 21.1. The average Bonchev–Trinajstić information content (AvgIpc) is 3.51. The number of nitrogens with one attached hydrogen (secondary N) is 2. The number of carbonyl (C=O) groups excluding carboxylic acids is 1. The Labute approximate surface area is 205 Å². The number of piperazine rings is 1. The van der Waals surface area contributed by atoms with E-state index in [4.69, 9.17) is 0 Å². The molecule has 2 fully saturated rings. The van der Waals surface area contributed by atoms with E-state index in [1.165, 1.54) is 18.4 Å². The third-order valence-corrected chi connectivity index (χ3v) is 8.24. The Hall–Kier alpha value is -2.71. The summed E-state index contributed by atoms with van der Waals surface area (Å²) >= 11 is 1.57. The van der Waals surface area contributed by atoms with E-state index in [9.17, 15) is 4.79 Å². The van der Waals surface area contributed by atoms with Crippen molar-refractivity contribution in [2.24, 2.45) is 0 Å². The van der Waals surface area contributed by atoms with Crippen molar-refractivity contribution < 1.29 is 4.79 Å². The van der Waals surface area contributed by atoms with Crippen LogP contribution in [0, 0.1) is 0 Å². The molecule has 180 valence electrons. The Morgan fingerprint density at radius 1 is 1.21 bits per heavy atom. The molecule has 0 bridgehead atoms. The van der Waals surface area contributed by atoms with Crippen molar-refractivity contribution in [2.75, 3.05) is 43.9 Å². The van der Waals surface area contributed by atoms with Gasteiger partial charge in [0.2, 0.25) is 0 Å². The number of anilines is 3. The minimum absolute atomic E-state index is 0.0908. The van der Waals surface area contributed by atoms with Gasteiger partial charge in [-0.3, -0.25) is 4.79 Å². The first-order valence-corrected chi connectivity index (χ1v) is 13.2. The van der Waals surface area contributed by atoms with Crippen LogP contribution in [0.25, 0.3) is 10.1 Å². The fourth-order valence-corrected chi connectivity index (χ4v) is 6.44. The minimum Gasteiger partial charge on any atom is -0.367 e. The Morgan fingerprint density at radius 3 is 2.71 bits per heavy atom. The molecule has 1 atom stereocenters. The second-order valence-electron chi connectivity index (χ2n) is 9.62. The van der Waals surface area contributed by atoms with Crippen LogP contribution in [0.3, 0.4) is 0 Å². The van der Waals surface area contributed by atoms with Gasteiger partial charge in [0.1, 0.15) is 11.6 Å². The lowest BCUT2D eigenvalue weighted by Crippen LogP contribution is -2.50. The highest BCUT2D eigenvalue weighted by molar-refractivity contribution is 7.21. The number of fused-ring (bicyclic) bond motifs is 1. The molecular weight excluding hydrogens is 444 g/mol. The van der Waals surface area contributed by atoms with Crippen molar-refractivity contribution in [2.45, 2.75) is 51.0 Å². The van der Waals surface area contributed by atoms with Crippen molar-refractivity contribution in [3.63, 3.8) is 0 Å². The first-order valence-electron chi connectivity index (χ1n) is 12.4. The summed E-state index contributed by atoms with van der Waals surface area (Å²) in [5, 5.41) is 8.10. The van der Waals surface area contributed by atoms with Crippen molar-refractivity contribution in [3.8, 4) is 0 Å². The van der Waals surface area contributed by atoms with Gasteiger partial charge in [-0.05, 0) is 48.9 Å². The van der Waals surface area contributed by atoms with E-state index >= 15 is 0 Å². The van der Waals surface area contributed by atoms with E-state index in [1.807, 2.05) is 32.6 Å². The highest BCUT2D eigenvalue weighted by Crippen LogP contribution is 2.44. The van der Waals surface area contributed by atoms with Crippen LogP contribution in [0.1, 0.15) is 60.2 Å². The van der Waals surface area contributed by atoms with Crippen molar-refractivity contribution in [1.82, 2.24) is 20.2 Å². The molecule has 2 N–H and O–H groups in total. The Balaban J connectivity index is 1.40. The Kier molecular flexibility index (Phi) is 6.70. The van der Waals surface area contributed by atoms with E-state index in [0.717, 1.165) is 71.2 Å². The summed E-state index contributed by atoms with van der Waals surface area (Å²) in [6, 6.07) is 6.79. The highest BCUT2D eigenvalue weighted by atomic mass is 32.1. The summed E-state index contributed by atoms with van der Waals surface area (Å²) in [5.74, 6) is 2.08. The minimum atomic E-state index is 0.0908. The summed E-state index contributed by atoms with van der Waals surface area (Å²) in [7, 11) is 3.66. The van der Waals surface area contributed by atoms with Gasteiger partial charge >= 0.3 is 0 Å². The molecule has 5 rings (SSSR count). The fraction of sp³-hybridized carbons (Fsp3) is 0.500. The van der Waals surface area contributed by atoms with Crippen LogP contribution in [-0.4, -0.2) is 60.5 Å². The van der Waals surface area contributed by atoms with E-state index in [2.05, 4.69) is 44.6 Å². The number of pyridine rings is 2. The van der Waals surface area contributed by atoms with Gasteiger partial charge in [-0.25, -0.2) is 9.97 Å². The molecule has 0 radical (unpaired) electrons. The SMILES string of the molecule is CC[C@H]1CN(c2ccc(Nc3cc4c(C5CCCC5)c(C(=O)N(C)C)sc4cn3)nc2)CCN1. The van der Waals surface area contributed by atoms with Crippen molar-refractivity contribution in [1.29, 1.82) is 0 Å². The van der Waals surface area contributed by atoms with Crippen LogP contribution >= 0.6 is 11.3 Å². The van der Waals surface area contributed by atoms with Gasteiger partial charge < -0.3 is 20.4 Å². The van der Waals surface area contributed by atoms with Crippen LogP contribution in [0.15, 0.2) is 30.6 Å². The molecule has 34 heavy (non-hydrogen) atoms. The summed E-state index contributed by atoms with van der Waals surface area (Å²) in [6.45, 7) is 5.24. The third-order valence-electron chi connectivity index (χ3n) is 7.10. The normalized spacial score (nSPS) is 19.0. The molecule has 0 unspecified atom stereocenters. The maximum Gasteiger partial charge on any atom is 0.263 e. The first kappa shape index (κ1) is 23.1. The highest BCUT2D eigenvalue weighted by Gasteiger charge is 2.28. The molecular formula is C26H34N6OS. The molecule has 1 aliphatic carbocycles. The van der Waals surface area contributed by atoms with Crippen LogP contribution in [-0.2, 0) is 0 Å². The van der Waals surface area contributed by atoms with E-state index in [-0.39, 0.29) is 5.91 Å². The number of nitrogens with zero attached hydrogens (tertiary/aromatic N) is 4. The van der Waals surface area contributed by atoms with Crippen LogP contribution in [0.5, 0.6) is 0 Å². The molecule has 3 aromatic heterocycles. The smallest absolute Gasteiger partial charge is 0.263 e. The van der Waals surface area contributed by atoms with E-state index in [1.54, 1.807) is 16.2 Å². The molecule has 1 saturated carbocycles. The van der Waals surface area contributed by atoms with E-state index < -0.39 is 0 Å². The maximum absolute atomic E-state index is 13.0. The molecule has 8 heteroatoms. The molecule has 0 aromatic carbocycles. The summed E-state index contributed by atoms with van der Waals surface area (Å²) in [5.41, 5.74) is 2.37. The monoisotopic (exact) mass is 478 g/mol. The molecule has 1 saturated heterocycles. The fourth-order valence-electron chi connectivity index (χ4n) is 5.18. The van der Waals surface area contributed by atoms with Crippen molar-refractivity contribution >= 4 is 44.7 Å². The van der Waals surface area contributed by atoms with Crippen LogP contribution < -0.4 is 15.5 Å². The zero-order chi connectivity index (χ0) is 23.7. The van der Waals surface area contributed by atoms with Gasteiger partial charge in [-0.2, -0.15) is 0 Å². The van der Waals surface area contributed by atoms with Gasteiger partial charge in [0.05, 0.1) is 21.5 Å². The largest absolute Gasteiger partial charge is 0.367 e. The van der Waals surface area contributed by atoms with Gasteiger partial charge in [0.25, 0.3) is 5.91 Å². The van der Waals surface area contributed by atoms with Gasteiger partial charge in [0.15, 0.2) is 0 Å². The number of rotatable bonds is 6. The second-order valence-corrected chi connectivity index (χ2v) is 10.7. The van der Waals surface area contributed by atoms with Crippen molar-refractivity contribution in [3.05, 3.63) is 41.0 Å². The number of amides is 1. The average molecular weight is 479 g/mol. The molecule has 7 nitrogen and oxygen atoms in total. The lowest BCUT2D eigenvalue weighted by Gasteiger charge is -2.34. The van der Waals surface area contributed by atoms with Crippen LogP contribution in [0.4, 0.5) is 17.3 Å². The zero-order valence-electron chi connectivity index (χ0n) is 20.3. The summed E-state index contributed by atoms with van der Waals surface area (Å²) < 4.78 is 1.07.